The molecule has 0 saturated carbocycles. The molecule has 0 spiro atoms. The van der Waals surface area contributed by atoms with E-state index in [1.807, 2.05) is 121 Å². The number of nitrogens with zero attached hydrogens (tertiary/aromatic N) is 6. The zero-order valence-corrected chi connectivity index (χ0v) is 36.5. The van der Waals surface area contributed by atoms with Crippen molar-refractivity contribution in [3.05, 3.63) is 242 Å². The first kappa shape index (κ1) is 26.1. The summed E-state index contributed by atoms with van der Waals surface area (Å²) in [6.07, 6.45) is 0. The van der Waals surface area contributed by atoms with E-state index in [-0.39, 0.29) is 55.1 Å². The monoisotopic (exact) mass is 908 g/mol. The van der Waals surface area contributed by atoms with Crippen LogP contribution >= 0.6 is 0 Å². The van der Waals surface area contributed by atoms with Crippen molar-refractivity contribution in [2.24, 2.45) is 0 Å². The summed E-state index contributed by atoms with van der Waals surface area (Å²) in [6.45, 7) is 0. The van der Waals surface area contributed by atoms with Crippen molar-refractivity contribution in [2.75, 3.05) is 0 Å². The zero-order valence-electron chi connectivity index (χ0n) is 52.5. The van der Waals surface area contributed by atoms with Gasteiger partial charge in [0.25, 0.3) is 0 Å². The molecule has 70 heavy (non-hydrogen) atoms. The molecule has 5 heterocycles. The molecule has 5 aromatic heterocycles. The molecule has 0 N–H and O–H groups in total. The van der Waals surface area contributed by atoms with Gasteiger partial charge < -0.3 is 9.13 Å². The van der Waals surface area contributed by atoms with Gasteiger partial charge in [-0.05, 0) is 66.1 Å². The second-order valence-electron chi connectivity index (χ2n) is 16.9. The molecule has 6 nitrogen and oxygen atoms in total. The Kier molecular flexibility index (Phi) is 5.60. The first-order valence-electron chi connectivity index (χ1n) is 30.5. The Bertz CT molecular complexity index is 5180. The Balaban J connectivity index is 1.21. The molecule has 15 aromatic rings. The maximum absolute atomic E-state index is 9.61. The lowest BCUT2D eigenvalue weighted by atomic mass is 9.93. The number of benzene rings is 10. The van der Waals surface area contributed by atoms with Crippen LogP contribution in [0, 0.1) is 0 Å². The summed E-state index contributed by atoms with van der Waals surface area (Å²) in [5.74, 6) is -0.694. The van der Waals surface area contributed by atoms with Crippen LogP contribution in [0.1, 0.15) is 21.9 Å². The minimum Gasteiger partial charge on any atom is -0.309 e. The highest BCUT2D eigenvalue weighted by Gasteiger charge is 2.26. The second kappa shape index (κ2) is 15.0. The predicted molar refractivity (Wildman–Crippen MR) is 290 cm³/mol. The summed E-state index contributed by atoms with van der Waals surface area (Å²) in [7, 11) is 0. The Morgan fingerprint density at radius 1 is 0.329 bits per heavy atom. The Morgan fingerprint density at radius 2 is 0.786 bits per heavy atom. The van der Waals surface area contributed by atoms with Crippen LogP contribution in [0.2, 0.25) is 0 Å². The molecule has 0 aliphatic rings. The van der Waals surface area contributed by atoms with Crippen LogP contribution in [0.4, 0.5) is 0 Å². The fourth-order valence-corrected chi connectivity index (χ4v) is 10.5. The van der Waals surface area contributed by atoms with Gasteiger partial charge >= 0.3 is 0 Å². The Labute approximate surface area is 424 Å². The van der Waals surface area contributed by atoms with Crippen molar-refractivity contribution in [1.29, 1.82) is 0 Å². The van der Waals surface area contributed by atoms with E-state index in [2.05, 4.69) is 27.3 Å². The summed E-state index contributed by atoms with van der Waals surface area (Å²) >= 11 is 0. The number of aromatic nitrogens is 6. The molecule has 0 fully saturated rings. The molecule has 10 aromatic carbocycles. The second-order valence-corrected chi connectivity index (χ2v) is 16.9. The molecule has 0 atom stereocenters. The molecule has 0 saturated heterocycles. The maximum atomic E-state index is 9.61. The topological polar surface area (TPSA) is 45.5 Å². The minimum absolute atomic E-state index is 0.0604. The number of rotatable bonds is 6. The lowest BCUT2D eigenvalue weighted by Crippen LogP contribution is -2.09. The summed E-state index contributed by atoms with van der Waals surface area (Å²) in [5, 5.41) is 2.68. The molecule has 0 amide bonds. The highest BCUT2D eigenvalue weighted by Crippen LogP contribution is 2.46. The van der Waals surface area contributed by atoms with Gasteiger partial charge in [-0.15, -0.1) is 0 Å². The number of fused-ring (bicyclic) bond motifs is 12. The van der Waals surface area contributed by atoms with Crippen LogP contribution < -0.4 is 0 Å². The van der Waals surface area contributed by atoms with Gasteiger partial charge in [-0.25, -0.2) is 4.98 Å². The summed E-state index contributed by atoms with van der Waals surface area (Å²) in [5.41, 5.74) is 5.27. The van der Waals surface area contributed by atoms with Crippen LogP contribution in [0.3, 0.4) is 0 Å². The first-order valence-corrected chi connectivity index (χ1v) is 22.5. The Morgan fingerprint density at radius 3 is 1.37 bits per heavy atom. The molecular weight excluding hydrogens is 853 g/mol. The third-order valence-corrected chi connectivity index (χ3v) is 13.3. The van der Waals surface area contributed by atoms with Gasteiger partial charge in [-0.2, -0.15) is 4.98 Å². The van der Waals surface area contributed by atoms with E-state index in [0.29, 0.717) is 22.4 Å². The fourth-order valence-electron chi connectivity index (χ4n) is 10.5. The smallest absolute Gasteiger partial charge is 0.237 e. The minimum atomic E-state index is -0.700. The van der Waals surface area contributed by atoms with E-state index in [1.54, 1.807) is 0 Å². The van der Waals surface area contributed by atoms with Crippen molar-refractivity contribution in [1.82, 2.24) is 28.2 Å². The highest BCUT2D eigenvalue weighted by atomic mass is 15.2. The van der Waals surface area contributed by atoms with Crippen molar-refractivity contribution in [3.8, 4) is 45.5 Å². The quantitative estimate of drug-likeness (QED) is 0.167. The van der Waals surface area contributed by atoms with Crippen LogP contribution in [0.15, 0.2) is 242 Å². The van der Waals surface area contributed by atoms with Crippen molar-refractivity contribution in [2.45, 2.75) is 0 Å². The average Bonchev–Trinajstić information content (AvgIpc) is 1.61. The lowest BCUT2D eigenvalue weighted by Gasteiger charge is -2.21. The number of hydrogen-bond acceptors (Lipinski definition) is 2. The van der Waals surface area contributed by atoms with Gasteiger partial charge in [-0.3, -0.25) is 9.13 Å². The first-order chi connectivity index (χ1) is 41.4. The molecule has 0 aliphatic carbocycles. The van der Waals surface area contributed by atoms with Gasteiger partial charge in [0, 0.05) is 66.0 Å². The largest absolute Gasteiger partial charge is 0.309 e. The van der Waals surface area contributed by atoms with Crippen LogP contribution in [-0.4, -0.2) is 28.2 Å². The molecular formula is C64H40N6. The van der Waals surface area contributed by atoms with Crippen LogP contribution in [0.5, 0.6) is 0 Å². The average molecular weight is 909 g/mol. The number of para-hydroxylation sites is 9. The van der Waals surface area contributed by atoms with Crippen molar-refractivity contribution in [3.63, 3.8) is 0 Å². The fraction of sp³-hybridized carbons (Fsp3) is 0. The number of hydrogen-bond donors (Lipinski definition) is 0. The third kappa shape index (κ3) is 5.50. The molecule has 0 radical (unpaired) electrons. The van der Waals surface area contributed by atoms with E-state index in [9.17, 15) is 11.0 Å². The van der Waals surface area contributed by atoms with Gasteiger partial charge in [0.05, 0.1) is 77.4 Å². The third-order valence-electron chi connectivity index (χ3n) is 13.3. The molecule has 0 bridgehead atoms. The van der Waals surface area contributed by atoms with E-state index < -0.39 is 103 Å². The SMILES string of the molecule is [2H]c1c([2H])c([2H])c2c(c1[2H])c1c([2H])c([2H])c([2H])c([2H])c1n2-c1cc(-c2c(-c3cccc4c5ccccc5n(-c5ccccc5)c34)cccc2-n2c3ccccc3c3ccccc32)nc(-n2c3c([2H])c([2H])c([2H])c([2H])c3c3c([2H])c([2H])c([2H])c([2H])c32)n1. The Hall–Kier alpha value is -9.52. The van der Waals surface area contributed by atoms with E-state index >= 15 is 0 Å². The summed E-state index contributed by atoms with van der Waals surface area (Å²) in [4.78, 5) is 10.6. The van der Waals surface area contributed by atoms with E-state index in [1.165, 1.54) is 10.6 Å². The zero-order chi connectivity index (χ0) is 59.8. The lowest BCUT2D eigenvalue weighted by molar-refractivity contribution is 0.951. The molecule has 15 rings (SSSR count). The van der Waals surface area contributed by atoms with Gasteiger partial charge in [0.1, 0.15) is 5.82 Å². The van der Waals surface area contributed by atoms with Gasteiger partial charge in [0.15, 0.2) is 0 Å². The summed E-state index contributed by atoms with van der Waals surface area (Å²) in [6, 6.07) is 36.7. The molecule has 0 aliphatic heterocycles. The van der Waals surface area contributed by atoms with Crippen LogP contribution in [-0.2, 0) is 0 Å². The van der Waals surface area contributed by atoms with Crippen molar-refractivity contribution < 1.29 is 21.9 Å². The van der Waals surface area contributed by atoms with Crippen LogP contribution in [0.25, 0.3) is 133 Å². The van der Waals surface area contributed by atoms with Crippen molar-refractivity contribution >= 4 is 87.2 Å². The maximum Gasteiger partial charge on any atom is 0.237 e. The standard InChI is InChI=1S/C64H40N6/c1-2-20-41(21-3-1)67-53-32-11-10-28-48(53)50-30-18-31-51(63(50)67)49-29-19-39-60(68-54-33-12-4-22-42(54)43-23-5-13-34-55(43)68)62(49)52-40-61(69-56-35-14-6-24-44(56)45-25-7-15-36-57(45)69)66-64(65-52)70-58-37-16-8-26-46(58)47-27-9-17-38-59(47)70/h1-40H/i6D,7D,8D,9D,14D,15D,16D,17D,24D,25D,26D,27D,35D,36D,37D,38D. The normalized spacial score (nSPS) is 15.2. The predicted octanol–water partition coefficient (Wildman–Crippen LogP) is 16.2. The van der Waals surface area contributed by atoms with E-state index in [4.69, 9.17) is 20.9 Å². The highest BCUT2D eigenvalue weighted by molar-refractivity contribution is 6.16. The molecule has 6 heteroatoms. The molecule has 0 unspecified atom stereocenters. The van der Waals surface area contributed by atoms with Gasteiger partial charge in [-0.1, -0.05) is 176 Å². The van der Waals surface area contributed by atoms with Gasteiger partial charge in [0.2, 0.25) is 5.95 Å². The van der Waals surface area contributed by atoms with E-state index in [0.717, 1.165) is 53.9 Å². The molecule has 326 valence electrons. The summed E-state index contributed by atoms with van der Waals surface area (Å²) < 4.78 is 154.